The van der Waals surface area contributed by atoms with Crippen molar-refractivity contribution in [1.29, 1.82) is 0 Å². The highest BCUT2D eigenvalue weighted by atomic mass is 32.1. The second-order valence-corrected chi connectivity index (χ2v) is 3.76. The fraction of sp³-hybridized carbons (Fsp3) is 0.0909. The fourth-order valence-corrected chi connectivity index (χ4v) is 1.94. The summed E-state index contributed by atoms with van der Waals surface area (Å²) in [7, 11) is 0. The number of pyridine rings is 1. The van der Waals surface area contributed by atoms with Crippen molar-refractivity contribution < 1.29 is 0 Å². The second-order valence-electron chi connectivity index (χ2n) is 2.82. The maximum atomic E-state index is 4.30. The smallest absolute Gasteiger partial charge is 0.0598 e. The van der Waals surface area contributed by atoms with Gasteiger partial charge < -0.3 is 0 Å². The molecule has 0 amide bonds. The molecular formula is C11H10NS. The van der Waals surface area contributed by atoms with Crippen LogP contribution in [-0.4, -0.2) is 4.98 Å². The monoisotopic (exact) mass is 188 g/mol. The molecule has 2 heterocycles. The Morgan fingerprint density at radius 1 is 1.23 bits per heavy atom. The van der Waals surface area contributed by atoms with Crippen LogP contribution in [0.3, 0.4) is 0 Å². The van der Waals surface area contributed by atoms with Crippen LogP contribution in [0.2, 0.25) is 0 Å². The summed E-state index contributed by atoms with van der Waals surface area (Å²) < 4.78 is 0. The molecule has 0 saturated carbocycles. The lowest BCUT2D eigenvalue weighted by molar-refractivity contribution is 1.11. The standard InChI is InChI=1S/C11H10NS/c1-9(11-6-4-8-13-11)10-5-2-3-7-12-10/h2-8H,1H3. The normalized spacial score (nSPS) is 10.6. The number of nitrogens with zero attached hydrogens (tertiary/aromatic N) is 1. The van der Waals surface area contributed by atoms with Crippen LogP contribution < -0.4 is 0 Å². The van der Waals surface area contributed by atoms with Gasteiger partial charge in [-0.1, -0.05) is 12.1 Å². The zero-order valence-corrected chi connectivity index (χ0v) is 8.21. The summed E-state index contributed by atoms with van der Waals surface area (Å²) in [5.41, 5.74) is 1.06. The summed E-state index contributed by atoms with van der Waals surface area (Å²) >= 11 is 1.75. The van der Waals surface area contributed by atoms with Crippen LogP contribution in [0.25, 0.3) is 0 Å². The Morgan fingerprint density at radius 2 is 2.15 bits per heavy atom. The number of thiophene rings is 1. The Hall–Kier alpha value is -1.15. The molecule has 0 aliphatic carbocycles. The molecule has 13 heavy (non-hydrogen) atoms. The van der Waals surface area contributed by atoms with Gasteiger partial charge in [0, 0.05) is 11.1 Å². The van der Waals surface area contributed by atoms with Gasteiger partial charge in [-0.2, -0.15) is 0 Å². The minimum absolute atomic E-state index is 1.06. The molecule has 0 atom stereocenters. The molecule has 0 unspecified atom stereocenters. The van der Waals surface area contributed by atoms with Crippen molar-refractivity contribution in [3.05, 3.63) is 58.4 Å². The van der Waals surface area contributed by atoms with E-state index in [1.807, 2.05) is 24.4 Å². The lowest BCUT2D eigenvalue weighted by Gasteiger charge is -2.06. The molecular weight excluding hydrogens is 178 g/mol. The van der Waals surface area contributed by atoms with Crippen molar-refractivity contribution >= 4 is 11.3 Å². The van der Waals surface area contributed by atoms with Crippen LogP contribution in [0.1, 0.15) is 17.5 Å². The van der Waals surface area contributed by atoms with Gasteiger partial charge >= 0.3 is 0 Å². The average molecular weight is 188 g/mol. The Morgan fingerprint density at radius 3 is 2.77 bits per heavy atom. The first-order chi connectivity index (χ1) is 6.38. The van der Waals surface area contributed by atoms with E-state index in [1.165, 1.54) is 10.8 Å². The highest BCUT2D eigenvalue weighted by Gasteiger charge is 2.10. The Labute approximate surface area is 82.1 Å². The molecule has 1 radical (unpaired) electrons. The van der Waals surface area contributed by atoms with Crippen LogP contribution in [0.15, 0.2) is 41.9 Å². The van der Waals surface area contributed by atoms with Gasteiger partial charge in [0.2, 0.25) is 0 Å². The summed E-state index contributed by atoms with van der Waals surface area (Å²) in [5.74, 6) is 1.25. The lowest BCUT2D eigenvalue weighted by atomic mass is 10.1. The van der Waals surface area contributed by atoms with E-state index >= 15 is 0 Å². The van der Waals surface area contributed by atoms with E-state index in [9.17, 15) is 0 Å². The number of hydrogen-bond acceptors (Lipinski definition) is 2. The van der Waals surface area contributed by atoms with Crippen LogP contribution in [-0.2, 0) is 0 Å². The Balaban J connectivity index is 2.29. The molecule has 0 fully saturated rings. The SMILES string of the molecule is C[C](c1ccccn1)c1cccs1. The molecule has 0 N–H and O–H groups in total. The van der Waals surface area contributed by atoms with E-state index in [1.54, 1.807) is 11.3 Å². The van der Waals surface area contributed by atoms with Gasteiger partial charge in [0.1, 0.15) is 0 Å². The minimum Gasteiger partial charge on any atom is -0.260 e. The third kappa shape index (κ3) is 1.78. The predicted octanol–water partition coefficient (Wildman–Crippen LogP) is 3.13. The topological polar surface area (TPSA) is 12.9 Å². The highest BCUT2D eigenvalue weighted by molar-refractivity contribution is 7.10. The highest BCUT2D eigenvalue weighted by Crippen LogP contribution is 2.24. The molecule has 0 aromatic carbocycles. The molecule has 0 aliphatic heterocycles. The summed E-state index contributed by atoms with van der Waals surface area (Å²) in [4.78, 5) is 5.59. The summed E-state index contributed by atoms with van der Waals surface area (Å²) in [5, 5.41) is 2.09. The molecule has 65 valence electrons. The van der Waals surface area contributed by atoms with Crippen molar-refractivity contribution in [2.45, 2.75) is 6.92 Å². The molecule has 2 heteroatoms. The first-order valence-corrected chi connectivity index (χ1v) is 5.05. The molecule has 1 nitrogen and oxygen atoms in total. The van der Waals surface area contributed by atoms with E-state index < -0.39 is 0 Å². The van der Waals surface area contributed by atoms with Crippen LogP contribution >= 0.6 is 11.3 Å². The number of hydrogen-bond donors (Lipinski definition) is 0. The molecule has 2 aromatic rings. The van der Waals surface area contributed by atoms with Crippen molar-refractivity contribution in [2.75, 3.05) is 0 Å². The summed E-state index contributed by atoms with van der Waals surface area (Å²) in [6.45, 7) is 2.11. The Kier molecular flexibility index (Phi) is 2.41. The van der Waals surface area contributed by atoms with Crippen molar-refractivity contribution in [1.82, 2.24) is 4.98 Å². The van der Waals surface area contributed by atoms with Gasteiger partial charge in [-0.3, -0.25) is 4.98 Å². The van der Waals surface area contributed by atoms with E-state index in [2.05, 4.69) is 29.4 Å². The lowest BCUT2D eigenvalue weighted by Crippen LogP contribution is -1.96. The molecule has 0 bridgehead atoms. The molecule has 0 saturated heterocycles. The van der Waals surface area contributed by atoms with Crippen LogP contribution in [0, 0.1) is 5.92 Å². The molecule has 2 aromatic heterocycles. The van der Waals surface area contributed by atoms with Crippen molar-refractivity contribution in [2.24, 2.45) is 0 Å². The van der Waals surface area contributed by atoms with E-state index in [4.69, 9.17) is 0 Å². The maximum Gasteiger partial charge on any atom is 0.0598 e. The molecule has 2 rings (SSSR count). The third-order valence-corrected chi connectivity index (χ3v) is 2.93. The van der Waals surface area contributed by atoms with Crippen LogP contribution in [0.4, 0.5) is 0 Å². The number of aromatic nitrogens is 1. The second kappa shape index (κ2) is 3.71. The maximum absolute atomic E-state index is 4.30. The van der Waals surface area contributed by atoms with E-state index in [0.717, 1.165) is 5.69 Å². The quantitative estimate of drug-likeness (QED) is 0.705. The van der Waals surface area contributed by atoms with Gasteiger partial charge in [-0.15, -0.1) is 11.3 Å². The first-order valence-electron chi connectivity index (χ1n) is 4.17. The van der Waals surface area contributed by atoms with Crippen molar-refractivity contribution in [3.8, 4) is 0 Å². The fourth-order valence-electron chi connectivity index (χ4n) is 1.20. The van der Waals surface area contributed by atoms with Gasteiger partial charge in [-0.05, 0) is 30.5 Å². The number of rotatable bonds is 2. The average Bonchev–Trinajstić information content (AvgIpc) is 2.71. The molecule has 0 spiro atoms. The predicted molar refractivity (Wildman–Crippen MR) is 55.7 cm³/mol. The van der Waals surface area contributed by atoms with Gasteiger partial charge in [-0.25, -0.2) is 0 Å². The van der Waals surface area contributed by atoms with E-state index in [0.29, 0.717) is 0 Å². The molecule has 0 aliphatic rings. The zero-order chi connectivity index (χ0) is 9.10. The minimum atomic E-state index is 1.06. The largest absolute Gasteiger partial charge is 0.260 e. The van der Waals surface area contributed by atoms with Gasteiger partial charge in [0.05, 0.1) is 11.6 Å². The Bertz CT molecular complexity index is 353. The zero-order valence-electron chi connectivity index (χ0n) is 7.40. The summed E-state index contributed by atoms with van der Waals surface area (Å²) in [6.07, 6.45) is 1.83. The third-order valence-electron chi connectivity index (χ3n) is 1.94. The van der Waals surface area contributed by atoms with E-state index in [-0.39, 0.29) is 0 Å². The first kappa shape index (κ1) is 8.45. The van der Waals surface area contributed by atoms with Gasteiger partial charge in [0.15, 0.2) is 0 Å². The summed E-state index contributed by atoms with van der Waals surface area (Å²) in [6, 6.07) is 10.2. The van der Waals surface area contributed by atoms with Crippen molar-refractivity contribution in [3.63, 3.8) is 0 Å². The van der Waals surface area contributed by atoms with Gasteiger partial charge in [0.25, 0.3) is 0 Å². The van der Waals surface area contributed by atoms with Crippen LogP contribution in [0.5, 0.6) is 0 Å².